The highest BCUT2D eigenvalue weighted by molar-refractivity contribution is 7.92. The van der Waals surface area contributed by atoms with Crippen LogP contribution in [-0.2, 0) is 16.4 Å². The summed E-state index contributed by atoms with van der Waals surface area (Å²) in [5, 5.41) is 12.8. The Hall–Kier alpha value is -4.92. The lowest BCUT2D eigenvalue weighted by molar-refractivity contribution is 0.209. The van der Waals surface area contributed by atoms with Crippen LogP contribution in [0.2, 0.25) is 0 Å². The molecule has 0 saturated heterocycles. The molecule has 4 aromatic rings. The Kier molecular flexibility index (Phi) is 7.77. The molecule has 0 aliphatic heterocycles. The van der Waals surface area contributed by atoms with Crippen molar-refractivity contribution in [3.63, 3.8) is 0 Å². The zero-order valence-corrected chi connectivity index (χ0v) is 21.9. The standard InChI is InChI=1S/C25H23F2N7O5S/c1-12(2)40(36,37)15-5-3-14(4-6-15)19-11-31-23(38-25(30)35)22(33-19)20-9-18(34-39-20)21-16(26)7-13(8-17(21)27)10-32-24(28)29/h3-9,11-12H,10H2,1-2H3,(H2,30,35)(H4,28,29,32). The second kappa shape index (κ2) is 11.1. The number of guanidine groups is 1. The number of nitrogens with two attached hydrogens (primary N) is 2. The first-order valence-electron chi connectivity index (χ1n) is 11.6. The quantitative estimate of drug-likeness (QED) is 0.179. The number of sulfone groups is 1. The van der Waals surface area contributed by atoms with E-state index in [9.17, 15) is 22.0 Å². The zero-order valence-electron chi connectivity index (χ0n) is 21.1. The van der Waals surface area contributed by atoms with E-state index in [2.05, 4.69) is 20.4 Å². The molecule has 0 spiro atoms. The summed E-state index contributed by atoms with van der Waals surface area (Å²) in [7, 11) is -3.50. The number of halogens is 2. The van der Waals surface area contributed by atoms with Crippen LogP contribution in [0.5, 0.6) is 5.88 Å². The molecule has 208 valence electrons. The minimum atomic E-state index is -3.50. The number of carbonyl (C=O) groups excluding carboxylic acids is 1. The van der Waals surface area contributed by atoms with E-state index in [1.807, 2.05) is 0 Å². The SMILES string of the molecule is CC(C)S(=O)(=O)c1ccc(-c2cnc(OC(N)=O)c(-c3cc(-c4c(F)cc(CNC(=N)N)cc4F)no3)n2)cc1. The van der Waals surface area contributed by atoms with Crippen molar-refractivity contribution in [1.29, 1.82) is 5.41 Å². The number of benzene rings is 2. The van der Waals surface area contributed by atoms with Crippen molar-refractivity contribution in [3.05, 3.63) is 65.9 Å². The van der Waals surface area contributed by atoms with Crippen LogP contribution in [0.4, 0.5) is 13.6 Å². The van der Waals surface area contributed by atoms with E-state index in [4.69, 9.17) is 26.1 Å². The number of primary amides is 1. The predicted molar refractivity (Wildman–Crippen MR) is 140 cm³/mol. The molecule has 4 rings (SSSR count). The van der Waals surface area contributed by atoms with Crippen molar-refractivity contribution in [2.45, 2.75) is 30.5 Å². The van der Waals surface area contributed by atoms with Crippen LogP contribution in [0, 0.1) is 17.0 Å². The fourth-order valence-electron chi connectivity index (χ4n) is 3.61. The molecule has 6 N–H and O–H groups in total. The van der Waals surface area contributed by atoms with Gasteiger partial charge in [0, 0.05) is 18.2 Å². The lowest BCUT2D eigenvalue weighted by atomic mass is 10.1. The monoisotopic (exact) mass is 571 g/mol. The molecule has 0 radical (unpaired) electrons. The Bertz CT molecular complexity index is 1680. The molecular weight excluding hydrogens is 548 g/mol. The summed E-state index contributed by atoms with van der Waals surface area (Å²) in [6.07, 6.45) is 0.0659. The number of hydrogen-bond acceptors (Lipinski definition) is 9. The number of amides is 1. The number of carbonyl (C=O) groups is 1. The Labute approximate surface area is 226 Å². The minimum absolute atomic E-state index is 0.0753. The number of ether oxygens (including phenoxy) is 1. The Morgan fingerprint density at radius 3 is 2.33 bits per heavy atom. The van der Waals surface area contributed by atoms with Crippen LogP contribution >= 0.6 is 0 Å². The normalized spacial score (nSPS) is 11.4. The number of nitrogens with zero attached hydrogens (tertiary/aromatic N) is 3. The molecule has 0 atom stereocenters. The largest absolute Gasteiger partial charge is 0.411 e. The molecule has 40 heavy (non-hydrogen) atoms. The topological polar surface area (TPSA) is 200 Å². The smallest absolute Gasteiger partial charge is 0.389 e. The van der Waals surface area contributed by atoms with Gasteiger partial charge in [0.1, 0.15) is 17.3 Å². The Morgan fingerprint density at radius 2 is 1.75 bits per heavy atom. The van der Waals surface area contributed by atoms with E-state index in [-0.39, 0.29) is 51.7 Å². The lowest BCUT2D eigenvalue weighted by Crippen LogP contribution is -2.29. The van der Waals surface area contributed by atoms with Crippen molar-refractivity contribution < 1.29 is 31.3 Å². The van der Waals surface area contributed by atoms with Crippen molar-refractivity contribution in [1.82, 2.24) is 20.4 Å². The molecule has 0 bridgehead atoms. The molecule has 2 aromatic heterocycles. The van der Waals surface area contributed by atoms with Gasteiger partial charge < -0.3 is 26.0 Å². The second-order valence-corrected chi connectivity index (χ2v) is 11.2. The van der Waals surface area contributed by atoms with Gasteiger partial charge in [0.2, 0.25) is 0 Å². The lowest BCUT2D eigenvalue weighted by Gasteiger charge is -2.10. The van der Waals surface area contributed by atoms with E-state index in [0.717, 1.165) is 12.1 Å². The highest BCUT2D eigenvalue weighted by Crippen LogP contribution is 2.34. The number of hydrogen-bond donors (Lipinski definition) is 4. The summed E-state index contributed by atoms with van der Waals surface area (Å²) in [5.74, 6) is -2.78. The van der Waals surface area contributed by atoms with Gasteiger partial charge in [-0.15, -0.1) is 0 Å². The summed E-state index contributed by atoms with van der Waals surface area (Å²) in [4.78, 5) is 20.0. The zero-order chi connectivity index (χ0) is 29.2. The van der Waals surface area contributed by atoms with Gasteiger partial charge in [0.15, 0.2) is 27.3 Å². The highest BCUT2D eigenvalue weighted by Gasteiger charge is 2.23. The summed E-state index contributed by atoms with van der Waals surface area (Å²) in [6, 6.07) is 9.17. The van der Waals surface area contributed by atoms with Crippen molar-refractivity contribution >= 4 is 21.9 Å². The van der Waals surface area contributed by atoms with Gasteiger partial charge in [-0.05, 0) is 43.7 Å². The van der Waals surface area contributed by atoms with Gasteiger partial charge >= 0.3 is 6.09 Å². The van der Waals surface area contributed by atoms with Crippen LogP contribution in [0.15, 0.2) is 58.1 Å². The Morgan fingerprint density at radius 1 is 1.10 bits per heavy atom. The molecule has 0 unspecified atom stereocenters. The average molecular weight is 572 g/mol. The highest BCUT2D eigenvalue weighted by atomic mass is 32.2. The maximum Gasteiger partial charge on any atom is 0.411 e. The summed E-state index contributed by atoms with van der Waals surface area (Å²) in [6.45, 7) is 3.07. The number of nitrogens with one attached hydrogen (secondary N) is 2. The second-order valence-electron chi connectivity index (χ2n) is 8.73. The van der Waals surface area contributed by atoms with Crippen LogP contribution in [0.25, 0.3) is 34.0 Å². The number of aromatic nitrogens is 3. The van der Waals surface area contributed by atoms with Crippen molar-refractivity contribution in [2.75, 3.05) is 0 Å². The third-order valence-electron chi connectivity index (χ3n) is 5.62. The summed E-state index contributed by atoms with van der Waals surface area (Å²) >= 11 is 0. The first kappa shape index (κ1) is 28.1. The fraction of sp³-hybridized carbons (Fsp3) is 0.160. The predicted octanol–water partition coefficient (Wildman–Crippen LogP) is 3.37. The third kappa shape index (κ3) is 5.88. The molecule has 12 nitrogen and oxygen atoms in total. The molecule has 0 aliphatic rings. The van der Waals surface area contributed by atoms with Crippen LogP contribution in [0.3, 0.4) is 0 Å². The van der Waals surface area contributed by atoms with Crippen molar-refractivity contribution in [3.8, 4) is 39.8 Å². The van der Waals surface area contributed by atoms with Gasteiger partial charge in [0.05, 0.1) is 27.6 Å². The molecule has 2 aromatic carbocycles. The first-order valence-corrected chi connectivity index (χ1v) is 13.1. The summed E-state index contributed by atoms with van der Waals surface area (Å²) in [5.41, 5.74) is 10.4. The first-order chi connectivity index (χ1) is 18.9. The maximum absolute atomic E-state index is 14.8. The molecule has 1 amide bonds. The molecular formula is C25H23F2N7O5S. The van der Waals surface area contributed by atoms with Crippen molar-refractivity contribution in [2.24, 2.45) is 11.5 Å². The molecule has 0 fully saturated rings. The van der Waals surface area contributed by atoms with E-state index >= 15 is 0 Å². The van der Waals surface area contributed by atoms with E-state index in [0.29, 0.717) is 5.56 Å². The van der Waals surface area contributed by atoms with Crippen LogP contribution < -0.4 is 21.5 Å². The average Bonchev–Trinajstić information content (AvgIpc) is 3.36. The molecule has 0 aliphatic carbocycles. The van der Waals surface area contributed by atoms with Gasteiger partial charge in [-0.1, -0.05) is 17.3 Å². The van der Waals surface area contributed by atoms with Gasteiger partial charge in [-0.3, -0.25) is 5.41 Å². The third-order valence-corrected chi connectivity index (χ3v) is 7.79. The maximum atomic E-state index is 14.8. The Balaban J connectivity index is 1.73. The summed E-state index contributed by atoms with van der Waals surface area (Å²) < 4.78 is 64.8. The minimum Gasteiger partial charge on any atom is -0.389 e. The van der Waals surface area contributed by atoms with E-state index < -0.39 is 38.4 Å². The fourth-order valence-corrected chi connectivity index (χ4v) is 4.67. The number of rotatable bonds is 8. The van der Waals surface area contributed by atoms with Crippen LogP contribution in [-0.4, -0.2) is 40.8 Å². The van der Waals surface area contributed by atoms with E-state index in [1.165, 1.54) is 36.5 Å². The molecule has 2 heterocycles. The molecule has 0 saturated carbocycles. The van der Waals surface area contributed by atoms with Crippen LogP contribution in [0.1, 0.15) is 19.4 Å². The van der Waals surface area contributed by atoms with Gasteiger partial charge in [-0.25, -0.2) is 32.0 Å². The van der Waals surface area contributed by atoms with E-state index in [1.54, 1.807) is 13.8 Å². The van der Waals surface area contributed by atoms with Gasteiger partial charge in [-0.2, -0.15) is 0 Å². The molecule has 15 heteroatoms. The van der Waals surface area contributed by atoms with Gasteiger partial charge in [0.25, 0.3) is 5.88 Å².